The number of sulfonamides is 1. The van der Waals surface area contributed by atoms with Crippen LogP contribution in [0.3, 0.4) is 0 Å². The van der Waals surface area contributed by atoms with Crippen LogP contribution >= 0.6 is 15.9 Å². The minimum Gasteiger partial charge on any atom is -0.508 e. The first-order chi connectivity index (χ1) is 9.47. The van der Waals surface area contributed by atoms with Crippen LogP contribution in [0.4, 0.5) is 0 Å². The fraction of sp³-hybridized carbons (Fsp3) is 0. The smallest absolute Gasteiger partial charge is 0.276 e. The second-order valence-electron chi connectivity index (χ2n) is 3.90. The normalized spacial score (nSPS) is 11.7. The summed E-state index contributed by atoms with van der Waals surface area (Å²) in [6, 6.07) is 12.4. The van der Waals surface area contributed by atoms with Gasteiger partial charge in [0, 0.05) is 4.47 Å². The molecule has 0 aliphatic rings. The summed E-state index contributed by atoms with van der Waals surface area (Å²) in [5, 5.41) is 12.8. The Balaban J connectivity index is 2.09. The van der Waals surface area contributed by atoms with Gasteiger partial charge in [-0.15, -0.1) is 0 Å². The molecule has 2 aromatic carbocycles. The third kappa shape index (κ3) is 3.82. The maximum Gasteiger partial charge on any atom is 0.276 e. The number of benzene rings is 2. The van der Waals surface area contributed by atoms with Crippen LogP contribution in [-0.4, -0.2) is 19.7 Å². The highest BCUT2D eigenvalue weighted by molar-refractivity contribution is 9.10. The SMILES string of the molecule is O=S(=O)(NN=Cc1ccc(O)cc1)c1ccc(Br)cc1. The molecular formula is C13H11BrN2O3S. The maximum absolute atomic E-state index is 11.9. The van der Waals surface area contributed by atoms with Crippen LogP contribution in [0.25, 0.3) is 0 Å². The molecule has 0 aliphatic heterocycles. The zero-order valence-electron chi connectivity index (χ0n) is 10.2. The van der Waals surface area contributed by atoms with Crippen LogP contribution in [0.2, 0.25) is 0 Å². The van der Waals surface area contributed by atoms with Gasteiger partial charge >= 0.3 is 0 Å². The molecule has 0 aromatic heterocycles. The van der Waals surface area contributed by atoms with E-state index in [1.807, 2.05) is 0 Å². The molecule has 0 radical (unpaired) electrons. The minimum atomic E-state index is -3.67. The summed E-state index contributed by atoms with van der Waals surface area (Å²) in [5.74, 6) is 0.137. The van der Waals surface area contributed by atoms with E-state index in [1.165, 1.54) is 30.5 Å². The number of nitrogens with zero attached hydrogens (tertiary/aromatic N) is 1. The van der Waals surface area contributed by atoms with Gasteiger partial charge < -0.3 is 5.11 Å². The molecule has 7 heteroatoms. The third-order valence-electron chi connectivity index (χ3n) is 2.40. The second-order valence-corrected chi connectivity index (χ2v) is 6.47. The quantitative estimate of drug-likeness (QED) is 0.653. The van der Waals surface area contributed by atoms with Crippen LogP contribution in [0.15, 0.2) is 63.0 Å². The predicted molar refractivity (Wildman–Crippen MR) is 80.2 cm³/mol. The first-order valence-corrected chi connectivity index (χ1v) is 7.84. The van der Waals surface area contributed by atoms with Crippen LogP contribution in [0.5, 0.6) is 5.75 Å². The molecule has 0 spiro atoms. The van der Waals surface area contributed by atoms with Gasteiger partial charge in [-0.05, 0) is 54.1 Å². The van der Waals surface area contributed by atoms with Gasteiger partial charge in [-0.25, -0.2) is 4.83 Å². The largest absolute Gasteiger partial charge is 0.508 e. The van der Waals surface area contributed by atoms with Gasteiger partial charge in [-0.1, -0.05) is 15.9 Å². The summed E-state index contributed by atoms with van der Waals surface area (Å²) in [6.45, 7) is 0. The molecule has 2 N–H and O–H groups in total. The van der Waals surface area contributed by atoms with E-state index in [9.17, 15) is 8.42 Å². The van der Waals surface area contributed by atoms with Crippen LogP contribution in [-0.2, 0) is 10.0 Å². The molecule has 2 aromatic rings. The Morgan fingerprint density at radius 3 is 2.25 bits per heavy atom. The van der Waals surface area contributed by atoms with Crippen molar-refractivity contribution in [2.45, 2.75) is 4.90 Å². The Morgan fingerprint density at radius 2 is 1.65 bits per heavy atom. The molecule has 0 atom stereocenters. The fourth-order valence-corrected chi connectivity index (χ4v) is 2.45. The van der Waals surface area contributed by atoms with E-state index in [-0.39, 0.29) is 10.6 Å². The molecule has 0 aliphatic carbocycles. The molecule has 5 nitrogen and oxygen atoms in total. The first kappa shape index (κ1) is 14.5. The summed E-state index contributed by atoms with van der Waals surface area (Å²) in [4.78, 5) is 2.25. The van der Waals surface area contributed by atoms with Gasteiger partial charge in [0.25, 0.3) is 10.0 Å². The van der Waals surface area contributed by atoms with Crippen molar-refractivity contribution < 1.29 is 13.5 Å². The molecule has 0 heterocycles. The maximum atomic E-state index is 11.9. The highest BCUT2D eigenvalue weighted by Crippen LogP contribution is 2.14. The summed E-state index contributed by atoms with van der Waals surface area (Å²) in [6.07, 6.45) is 1.36. The van der Waals surface area contributed by atoms with Crippen molar-refractivity contribution in [3.05, 3.63) is 58.6 Å². The first-order valence-electron chi connectivity index (χ1n) is 5.57. The van der Waals surface area contributed by atoms with E-state index in [2.05, 4.69) is 25.9 Å². The molecule has 0 unspecified atom stereocenters. The lowest BCUT2D eigenvalue weighted by Gasteiger charge is -2.03. The number of hydrazone groups is 1. The third-order valence-corrected chi connectivity index (χ3v) is 4.17. The highest BCUT2D eigenvalue weighted by Gasteiger charge is 2.11. The van der Waals surface area contributed by atoms with E-state index in [0.717, 1.165) is 4.47 Å². The molecule has 0 amide bonds. The van der Waals surface area contributed by atoms with Crippen LogP contribution < -0.4 is 4.83 Å². The van der Waals surface area contributed by atoms with Gasteiger partial charge in [0.15, 0.2) is 0 Å². The minimum absolute atomic E-state index is 0.128. The highest BCUT2D eigenvalue weighted by atomic mass is 79.9. The number of phenolic OH excluding ortho intramolecular Hbond substituents is 1. The molecule has 0 saturated carbocycles. The van der Waals surface area contributed by atoms with Gasteiger partial charge in [-0.3, -0.25) is 0 Å². The van der Waals surface area contributed by atoms with E-state index in [1.54, 1.807) is 24.3 Å². The standard InChI is InChI=1S/C13H11BrN2O3S/c14-11-3-7-13(8-4-11)20(18,19)16-15-9-10-1-5-12(17)6-2-10/h1-9,16-17H. The van der Waals surface area contributed by atoms with Crippen LogP contribution in [0.1, 0.15) is 5.56 Å². The van der Waals surface area contributed by atoms with Gasteiger partial charge in [-0.2, -0.15) is 13.5 Å². The number of hydrogen-bond acceptors (Lipinski definition) is 4. The van der Waals surface area contributed by atoms with E-state index >= 15 is 0 Å². The van der Waals surface area contributed by atoms with Crippen molar-refractivity contribution in [3.8, 4) is 5.75 Å². The lowest BCUT2D eigenvalue weighted by molar-refractivity contribution is 0.475. The van der Waals surface area contributed by atoms with Crippen LogP contribution in [0, 0.1) is 0 Å². The molecular weight excluding hydrogens is 344 g/mol. The molecule has 2 rings (SSSR count). The van der Waals surface area contributed by atoms with Gasteiger partial charge in [0.05, 0.1) is 11.1 Å². The molecule has 20 heavy (non-hydrogen) atoms. The van der Waals surface area contributed by atoms with Crippen molar-refractivity contribution in [1.29, 1.82) is 0 Å². The molecule has 0 saturated heterocycles. The number of phenols is 1. The average Bonchev–Trinajstić information content (AvgIpc) is 2.41. The van der Waals surface area contributed by atoms with Gasteiger partial charge in [0.1, 0.15) is 5.75 Å². The van der Waals surface area contributed by atoms with Crippen molar-refractivity contribution in [2.24, 2.45) is 5.10 Å². The number of nitrogens with one attached hydrogen (secondary N) is 1. The summed E-state index contributed by atoms with van der Waals surface area (Å²) in [7, 11) is -3.67. The zero-order valence-corrected chi connectivity index (χ0v) is 12.6. The predicted octanol–water partition coefficient (Wildman–Crippen LogP) is 2.47. The summed E-state index contributed by atoms with van der Waals surface area (Å²) >= 11 is 3.24. The monoisotopic (exact) mass is 354 g/mol. The lowest BCUT2D eigenvalue weighted by Crippen LogP contribution is -2.18. The fourth-order valence-electron chi connectivity index (χ4n) is 1.40. The number of aromatic hydroxyl groups is 1. The Labute approximate surface area is 125 Å². The molecule has 0 fully saturated rings. The Morgan fingerprint density at radius 1 is 1.05 bits per heavy atom. The van der Waals surface area contributed by atoms with Gasteiger partial charge in [0.2, 0.25) is 0 Å². The lowest BCUT2D eigenvalue weighted by atomic mass is 10.2. The van der Waals surface area contributed by atoms with E-state index in [0.29, 0.717) is 5.56 Å². The second kappa shape index (κ2) is 6.06. The Bertz CT molecular complexity index is 710. The topological polar surface area (TPSA) is 78.8 Å². The van der Waals surface area contributed by atoms with Crippen molar-refractivity contribution in [1.82, 2.24) is 4.83 Å². The Kier molecular flexibility index (Phi) is 4.41. The average molecular weight is 355 g/mol. The number of rotatable bonds is 4. The van der Waals surface area contributed by atoms with E-state index < -0.39 is 10.0 Å². The van der Waals surface area contributed by atoms with Crippen molar-refractivity contribution >= 4 is 32.2 Å². The zero-order chi connectivity index (χ0) is 14.6. The Hall–Kier alpha value is -1.86. The van der Waals surface area contributed by atoms with Crippen molar-refractivity contribution in [3.63, 3.8) is 0 Å². The molecule has 104 valence electrons. The van der Waals surface area contributed by atoms with Crippen molar-refractivity contribution in [2.75, 3.05) is 0 Å². The summed E-state index contributed by atoms with van der Waals surface area (Å²) in [5.41, 5.74) is 0.668. The number of halogens is 1. The summed E-state index contributed by atoms with van der Waals surface area (Å²) < 4.78 is 24.6. The number of hydrogen-bond donors (Lipinski definition) is 2. The molecule has 0 bridgehead atoms. The van der Waals surface area contributed by atoms with E-state index in [4.69, 9.17) is 5.11 Å².